The van der Waals surface area contributed by atoms with Crippen LogP contribution in [0.3, 0.4) is 0 Å². The minimum absolute atomic E-state index is 0.462. The Balaban J connectivity index is 1.92. The molecular weight excluding hydrogens is 258 g/mol. The number of thiophene rings is 1. The van der Waals surface area contributed by atoms with Crippen LogP contribution in [0, 0.1) is 12.3 Å². The third kappa shape index (κ3) is 3.37. The highest BCUT2D eigenvalue weighted by Crippen LogP contribution is 2.37. The second-order valence-corrected chi connectivity index (χ2v) is 7.00. The van der Waals surface area contributed by atoms with Crippen LogP contribution in [0.1, 0.15) is 42.4 Å². The molecule has 1 aromatic rings. The number of hydrogen-bond donors (Lipinski definition) is 1. The molecule has 0 spiro atoms. The van der Waals surface area contributed by atoms with Crippen molar-refractivity contribution in [2.75, 3.05) is 13.1 Å². The van der Waals surface area contributed by atoms with Crippen LogP contribution < -0.4 is 0 Å². The Labute approximate surface area is 119 Å². The lowest BCUT2D eigenvalue weighted by atomic mass is 9.75. The zero-order valence-corrected chi connectivity index (χ0v) is 12.6. The molecule has 0 aromatic carbocycles. The summed E-state index contributed by atoms with van der Waals surface area (Å²) in [6.07, 6.45) is 3.35. The smallest absolute Gasteiger partial charge is 0.309 e. The molecular formula is C15H23NO2S. The summed E-state index contributed by atoms with van der Waals surface area (Å²) >= 11 is 1.84. The average molecular weight is 281 g/mol. The first-order valence-corrected chi connectivity index (χ1v) is 7.88. The molecule has 1 aromatic heterocycles. The minimum atomic E-state index is -0.596. The first-order chi connectivity index (χ1) is 9.05. The monoisotopic (exact) mass is 281 g/mol. The lowest BCUT2D eigenvalue weighted by Gasteiger charge is -2.38. The summed E-state index contributed by atoms with van der Waals surface area (Å²) in [4.78, 5) is 16.6. The second-order valence-electron chi connectivity index (χ2n) is 5.62. The number of nitrogens with zero attached hydrogens (tertiary/aromatic N) is 1. The van der Waals surface area contributed by atoms with E-state index in [4.69, 9.17) is 0 Å². The van der Waals surface area contributed by atoms with E-state index in [-0.39, 0.29) is 0 Å². The molecule has 106 valence electrons. The van der Waals surface area contributed by atoms with Crippen LogP contribution in [-0.4, -0.2) is 29.1 Å². The molecule has 3 nitrogen and oxygen atoms in total. The number of aryl methyl sites for hydroxylation is 1. The maximum atomic E-state index is 11.5. The van der Waals surface area contributed by atoms with Crippen molar-refractivity contribution in [1.82, 2.24) is 4.90 Å². The predicted molar refractivity (Wildman–Crippen MR) is 78.5 cm³/mol. The van der Waals surface area contributed by atoms with Gasteiger partial charge in [0, 0.05) is 16.3 Å². The summed E-state index contributed by atoms with van der Waals surface area (Å²) < 4.78 is 0. The van der Waals surface area contributed by atoms with Gasteiger partial charge in [-0.15, -0.1) is 11.3 Å². The molecule has 2 heterocycles. The van der Waals surface area contributed by atoms with E-state index in [2.05, 4.69) is 30.9 Å². The van der Waals surface area contributed by atoms with Crippen LogP contribution in [0.25, 0.3) is 0 Å². The number of piperidine rings is 1. The Hall–Kier alpha value is -0.870. The summed E-state index contributed by atoms with van der Waals surface area (Å²) in [5.41, 5.74) is -0.462. The number of aliphatic carboxylic acids is 1. The summed E-state index contributed by atoms with van der Waals surface area (Å²) in [6.45, 7) is 6.99. The Bertz CT molecular complexity index is 433. The maximum absolute atomic E-state index is 11.5. The first-order valence-electron chi connectivity index (χ1n) is 7.07. The maximum Gasteiger partial charge on any atom is 0.309 e. The van der Waals surface area contributed by atoms with Crippen molar-refractivity contribution in [3.05, 3.63) is 21.9 Å². The molecule has 19 heavy (non-hydrogen) atoms. The molecule has 0 aliphatic carbocycles. The first kappa shape index (κ1) is 14.5. The van der Waals surface area contributed by atoms with E-state index in [1.54, 1.807) is 0 Å². The molecule has 0 unspecified atom stereocenters. The van der Waals surface area contributed by atoms with E-state index in [1.165, 1.54) is 9.75 Å². The van der Waals surface area contributed by atoms with Gasteiger partial charge in [-0.2, -0.15) is 0 Å². The Morgan fingerprint density at radius 2 is 2.11 bits per heavy atom. The van der Waals surface area contributed by atoms with Crippen LogP contribution >= 0.6 is 11.3 Å². The molecule has 0 atom stereocenters. The minimum Gasteiger partial charge on any atom is -0.481 e. The average Bonchev–Trinajstić information content (AvgIpc) is 2.77. The van der Waals surface area contributed by atoms with Gasteiger partial charge in [0.25, 0.3) is 0 Å². The zero-order chi connectivity index (χ0) is 13.9. The fourth-order valence-corrected chi connectivity index (χ4v) is 3.91. The quantitative estimate of drug-likeness (QED) is 0.897. The summed E-state index contributed by atoms with van der Waals surface area (Å²) in [5.74, 6) is -0.596. The molecule has 1 N–H and O–H groups in total. The number of carboxylic acids is 1. The molecule has 0 bridgehead atoms. The zero-order valence-electron chi connectivity index (χ0n) is 11.8. The van der Waals surface area contributed by atoms with Crippen molar-refractivity contribution in [2.24, 2.45) is 5.41 Å². The predicted octanol–water partition coefficient (Wildman–Crippen LogP) is 3.52. The van der Waals surface area contributed by atoms with Crippen LogP contribution in [0.4, 0.5) is 0 Å². The Morgan fingerprint density at radius 1 is 1.42 bits per heavy atom. The molecule has 1 saturated heterocycles. The molecule has 0 radical (unpaired) electrons. The van der Waals surface area contributed by atoms with Crippen molar-refractivity contribution in [3.8, 4) is 0 Å². The standard InChI is InChI=1S/C15H23NO2S/c1-3-6-15(14(17)18)7-9-16(10-8-15)11-13-5-4-12(2)19-13/h4-5H,3,6-11H2,1-2H3,(H,17,18). The van der Waals surface area contributed by atoms with Gasteiger partial charge in [0.15, 0.2) is 0 Å². The molecule has 1 aliphatic rings. The highest BCUT2D eigenvalue weighted by molar-refractivity contribution is 7.11. The number of hydrogen-bond acceptors (Lipinski definition) is 3. The topological polar surface area (TPSA) is 40.5 Å². The van der Waals surface area contributed by atoms with Crippen molar-refractivity contribution < 1.29 is 9.90 Å². The van der Waals surface area contributed by atoms with Crippen molar-refractivity contribution in [3.63, 3.8) is 0 Å². The lowest BCUT2D eigenvalue weighted by molar-refractivity contribution is -0.152. The van der Waals surface area contributed by atoms with Crippen LogP contribution in [0.5, 0.6) is 0 Å². The highest BCUT2D eigenvalue weighted by Gasteiger charge is 2.40. The number of rotatable bonds is 5. The summed E-state index contributed by atoms with van der Waals surface area (Å²) in [7, 11) is 0. The van der Waals surface area contributed by atoms with Crippen LogP contribution in [-0.2, 0) is 11.3 Å². The molecule has 0 saturated carbocycles. The van der Waals surface area contributed by atoms with E-state index >= 15 is 0 Å². The van der Waals surface area contributed by atoms with E-state index < -0.39 is 11.4 Å². The third-order valence-electron chi connectivity index (χ3n) is 4.17. The lowest BCUT2D eigenvalue weighted by Crippen LogP contribution is -2.43. The van der Waals surface area contributed by atoms with Gasteiger partial charge in [-0.1, -0.05) is 13.3 Å². The highest BCUT2D eigenvalue weighted by atomic mass is 32.1. The van der Waals surface area contributed by atoms with Gasteiger partial charge in [0.05, 0.1) is 5.41 Å². The molecule has 2 rings (SSSR count). The van der Waals surface area contributed by atoms with Gasteiger partial charge in [-0.3, -0.25) is 9.69 Å². The van der Waals surface area contributed by atoms with E-state index in [9.17, 15) is 9.90 Å². The van der Waals surface area contributed by atoms with Gasteiger partial charge >= 0.3 is 5.97 Å². The van der Waals surface area contributed by atoms with E-state index in [0.29, 0.717) is 0 Å². The van der Waals surface area contributed by atoms with Gasteiger partial charge in [0.1, 0.15) is 0 Å². The fraction of sp³-hybridized carbons (Fsp3) is 0.667. The summed E-state index contributed by atoms with van der Waals surface area (Å²) in [5, 5.41) is 9.48. The van der Waals surface area contributed by atoms with E-state index in [0.717, 1.165) is 45.3 Å². The van der Waals surface area contributed by atoms with E-state index in [1.807, 2.05) is 11.3 Å². The number of carboxylic acid groups (broad SMARTS) is 1. The third-order valence-corrected chi connectivity index (χ3v) is 5.16. The van der Waals surface area contributed by atoms with Crippen molar-refractivity contribution in [2.45, 2.75) is 46.1 Å². The summed E-state index contributed by atoms with van der Waals surface area (Å²) in [6, 6.07) is 4.34. The van der Waals surface area contributed by atoms with Crippen molar-refractivity contribution >= 4 is 17.3 Å². The Kier molecular flexibility index (Phi) is 4.63. The van der Waals surface area contributed by atoms with Gasteiger partial charge in [-0.25, -0.2) is 0 Å². The normalized spacial score (nSPS) is 19.5. The van der Waals surface area contributed by atoms with Gasteiger partial charge in [-0.05, 0) is 51.4 Å². The second kappa shape index (κ2) is 6.06. The Morgan fingerprint density at radius 3 is 2.58 bits per heavy atom. The SMILES string of the molecule is CCCC1(C(=O)O)CCN(Cc2ccc(C)s2)CC1. The van der Waals surface area contributed by atoms with Crippen molar-refractivity contribution in [1.29, 1.82) is 0 Å². The van der Waals surface area contributed by atoms with Gasteiger partial charge < -0.3 is 5.11 Å². The molecule has 1 fully saturated rings. The van der Waals surface area contributed by atoms with Crippen LogP contribution in [0.2, 0.25) is 0 Å². The van der Waals surface area contributed by atoms with Gasteiger partial charge in [0.2, 0.25) is 0 Å². The number of likely N-dealkylation sites (tertiary alicyclic amines) is 1. The molecule has 4 heteroatoms. The number of carbonyl (C=O) groups is 1. The molecule has 0 amide bonds. The molecule has 1 aliphatic heterocycles. The fourth-order valence-electron chi connectivity index (χ4n) is 2.98. The van der Waals surface area contributed by atoms with Crippen LogP contribution in [0.15, 0.2) is 12.1 Å². The largest absolute Gasteiger partial charge is 0.481 e.